The molecule has 1 fully saturated rings. The largest absolute Gasteiger partial charge is 0.355 e. The van der Waals surface area contributed by atoms with Crippen molar-refractivity contribution in [3.63, 3.8) is 0 Å². The van der Waals surface area contributed by atoms with Gasteiger partial charge in [-0.25, -0.2) is 4.98 Å². The predicted octanol–water partition coefficient (Wildman–Crippen LogP) is 3.42. The number of hydrogen-bond donors (Lipinski definition) is 1. The average molecular weight is 400 g/mol. The summed E-state index contributed by atoms with van der Waals surface area (Å²) < 4.78 is 5.31. The highest BCUT2D eigenvalue weighted by atomic mass is 35.5. The molecule has 8 heteroatoms. The highest BCUT2D eigenvalue weighted by molar-refractivity contribution is 6.31. The molecule has 7 nitrogen and oxygen atoms in total. The summed E-state index contributed by atoms with van der Waals surface area (Å²) in [6, 6.07) is 7.55. The number of rotatable bonds is 4. The first-order valence-electron chi connectivity index (χ1n) is 9.39. The summed E-state index contributed by atoms with van der Waals surface area (Å²) in [6.07, 6.45) is 1.76. The first-order valence-corrected chi connectivity index (χ1v) is 9.77. The van der Waals surface area contributed by atoms with Gasteiger partial charge in [0.15, 0.2) is 0 Å². The third-order valence-corrected chi connectivity index (χ3v) is 5.47. The summed E-state index contributed by atoms with van der Waals surface area (Å²) >= 11 is 6.18. The molecule has 0 aliphatic carbocycles. The molecule has 4 rings (SSSR count). The number of hydrogen-bond acceptors (Lipinski definition) is 6. The normalized spacial score (nSPS) is 17.1. The number of nitrogens with one attached hydrogen (secondary N) is 1. The average Bonchev–Trinajstić information content (AvgIpc) is 3.07. The van der Waals surface area contributed by atoms with Crippen LogP contribution in [0.3, 0.4) is 0 Å². The van der Waals surface area contributed by atoms with E-state index in [1.165, 1.54) is 0 Å². The van der Waals surface area contributed by atoms with Gasteiger partial charge in [-0.2, -0.15) is 4.98 Å². The molecule has 1 aromatic carbocycles. The van der Waals surface area contributed by atoms with Crippen molar-refractivity contribution < 1.29 is 9.32 Å². The summed E-state index contributed by atoms with van der Waals surface area (Å²) in [5.41, 5.74) is 2.17. The first kappa shape index (κ1) is 18.7. The van der Waals surface area contributed by atoms with E-state index >= 15 is 0 Å². The van der Waals surface area contributed by atoms with E-state index in [9.17, 15) is 4.79 Å². The molecule has 3 aromatic rings. The molecule has 0 saturated carbocycles. The molecule has 0 spiro atoms. The monoisotopic (exact) mass is 399 g/mol. The second-order valence-corrected chi connectivity index (χ2v) is 7.54. The van der Waals surface area contributed by atoms with Crippen LogP contribution in [0.1, 0.15) is 29.9 Å². The van der Waals surface area contributed by atoms with Gasteiger partial charge < -0.3 is 14.7 Å². The van der Waals surface area contributed by atoms with Crippen molar-refractivity contribution in [2.75, 3.05) is 18.0 Å². The number of carbonyl (C=O) groups excluding carboxylic acids is 1. The van der Waals surface area contributed by atoms with E-state index in [2.05, 4.69) is 25.3 Å². The van der Waals surface area contributed by atoms with Gasteiger partial charge in [-0.3, -0.25) is 4.79 Å². The Balaban J connectivity index is 1.50. The van der Waals surface area contributed by atoms with Gasteiger partial charge in [0.2, 0.25) is 5.91 Å². The van der Waals surface area contributed by atoms with E-state index in [4.69, 9.17) is 16.1 Å². The number of piperidine rings is 1. The minimum absolute atomic E-state index is 0.0358. The Labute approximate surface area is 168 Å². The van der Waals surface area contributed by atoms with Crippen LogP contribution in [0.2, 0.25) is 5.02 Å². The molecule has 3 heterocycles. The molecule has 146 valence electrons. The fourth-order valence-corrected chi connectivity index (χ4v) is 3.86. The number of aryl methyl sites for hydroxylation is 2. The number of fused-ring (bicyclic) bond motifs is 1. The first-order chi connectivity index (χ1) is 13.5. The van der Waals surface area contributed by atoms with Crippen LogP contribution in [0.25, 0.3) is 11.1 Å². The van der Waals surface area contributed by atoms with Crippen LogP contribution in [0.4, 0.5) is 5.82 Å². The van der Waals surface area contributed by atoms with Crippen LogP contribution < -0.4 is 10.2 Å². The maximum absolute atomic E-state index is 12.8. The number of halogens is 1. The zero-order valence-electron chi connectivity index (χ0n) is 15.9. The second kappa shape index (κ2) is 7.75. The highest BCUT2D eigenvalue weighted by Crippen LogP contribution is 2.30. The molecule has 0 radical (unpaired) electrons. The van der Waals surface area contributed by atoms with Gasteiger partial charge in [0.05, 0.1) is 11.6 Å². The van der Waals surface area contributed by atoms with Gasteiger partial charge >= 0.3 is 0 Å². The zero-order valence-corrected chi connectivity index (χ0v) is 16.7. The van der Waals surface area contributed by atoms with E-state index in [0.717, 1.165) is 41.8 Å². The van der Waals surface area contributed by atoms with Gasteiger partial charge in [-0.05, 0) is 38.3 Å². The number of amides is 1. The number of nitrogens with zero attached hydrogens (tertiary/aromatic N) is 4. The highest BCUT2D eigenvalue weighted by Gasteiger charge is 2.29. The van der Waals surface area contributed by atoms with Crippen molar-refractivity contribution >= 4 is 34.4 Å². The van der Waals surface area contributed by atoms with Crippen molar-refractivity contribution in [2.24, 2.45) is 5.92 Å². The number of benzene rings is 1. The van der Waals surface area contributed by atoms with Crippen molar-refractivity contribution in [3.05, 3.63) is 46.4 Å². The van der Waals surface area contributed by atoms with Gasteiger partial charge in [0.1, 0.15) is 17.0 Å². The topological polar surface area (TPSA) is 84.2 Å². The van der Waals surface area contributed by atoms with Crippen molar-refractivity contribution in [2.45, 2.75) is 33.2 Å². The molecule has 1 amide bonds. The Kier molecular flexibility index (Phi) is 5.17. The Morgan fingerprint density at radius 1 is 1.32 bits per heavy atom. The number of aromatic nitrogens is 3. The van der Waals surface area contributed by atoms with E-state index in [1.54, 1.807) is 0 Å². The lowest BCUT2D eigenvalue weighted by Crippen LogP contribution is -2.43. The molecule has 1 N–H and O–H groups in total. The Bertz CT molecular complexity index is 1020. The lowest BCUT2D eigenvalue weighted by Gasteiger charge is -2.33. The van der Waals surface area contributed by atoms with Crippen molar-refractivity contribution in [1.82, 2.24) is 20.4 Å². The lowest BCUT2D eigenvalue weighted by molar-refractivity contribution is -0.125. The van der Waals surface area contributed by atoms with Gasteiger partial charge in [-0.1, -0.05) is 35.0 Å². The Hall–Kier alpha value is -2.67. The van der Waals surface area contributed by atoms with E-state index in [-0.39, 0.29) is 11.8 Å². The molecule has 0 bridgehead atoms. The Morgan fingerprint density at radius 2 is 2.14 bits per heavy atom. The maximum atomic E-state index is 12.8. The van der Waals surface area contributed by atoms with Crippen LogP contribution in [0, 0.1) is 19.8 Å². The third kappa shape index (κ3) is 3.67. The van der Waals surface area contributed by atoms with Gasteiger partial charge in [-0.15, -0.1) is 0 Å². The van der Waals surface area contributed by atoms with Crippen LogP contribution >= 0.6 is 11.6 Å². The van der Waals surface area contributed by atoms with Crippen molar-refractivity contribution in [3.8, 4) is 0 Å². The minimum Gasteiger partial charge on any atom is -0.355 e. The molecular formula is C20H22ClN5O2. The molecule has 1 aliphatic rings. The SMILES string of the molecule is Cc1nc(N2CCC[C@@H](C(=O)NCc3ccccc3Cl)C2)c2c(C)noc2n1. The zero-order chi connectivity index (χ0) is 19.7. The molecule has 1 aliphatic heterocycles. The predicted molar refractivity (Wildman–Crippen MR) is 107 cm³/mol. The van der Waals surface area contributed by atoms with Crippen LogP contribution in [0.15, 0.2) is 28.8 Å². The van der Waals surface area contributed by atoms with Crippen LogP contribution in [-0.2, 0) is 11.3 Å². The molecular weight excluding hydrogens is 378 g/mol. The number of anilines is 1. The summed E-state index contributed by atoms with van der Waals surface area (Å²) in [5.74, 6) is 1.35. The summed E-state index contributed by atoms with van der Waals surface area (Å²) in [4.78, 5) is 23.8. The maximum Gasteiger partial charge on any atom is 0.263 e. The molecule has 1 saturated heterocycles. The van der Waals surface area contributed by atoms with E-state index in [0.29, 0.717) is 29.7 Å². The fourth-order valence-electron chi connectivity index (χ4n) is 3.65. The van der Waals surface area contributed by atoms with Crippen molar-refractivity contribution in [1.29, 1.82) is 0 Å². The number of carbonyl (C=O) groups is 1. The minimum atomic E-state index is -0.110. The van der Waals surface area contributed by atoms with Crippen LogP contribution in [-0.4, -0.2) is 34.1 Å². The molecule has 28 heavy (non-hydrogen) atoms. The molecule has 2 aromatic heterocycles. The van der Waals surface area contributed by atoms with Crippen LogP contribution in [0.5, 0.6) is 0 Å². The Morgan fingerprint density at radius 3 is 2.96 bits per heavy atom. The quantitative estimate of drug-likeness (QED) is 0.723. The molecule has 1 atom stereocenters. The summed E-state index contributed by atoms with van der Waals surface area (Å²) in [5, 5.41) is 8.53. The smallest absolute Gasteiger partial charge is 0.263 e. The molecule has 0 unspecified atom stereocenters. The summed E-state index contributed by atoms with van der Waals surface area (Å²) in [6.45, 7) is 5.58. The van der Waals surface area contributed by atoms with E-state index in [1.807, 2.05) is 38.1 Å². The second-order valence-electron chi connectivity index (χ2n) is 7.14. The summed E-state index contributed by atoms with van der Waals surface area (Å²) in [7, 11) is 0. The van der Waals surface area contributed by atoms with Gasteiger partial charge in [0.25, 0.3) is 5.71 Å². The standard InChI is InChI=1S/C20H22ClN5O2/c1-12-17-18(23-13(2)24-20(17)28-25-12)26-9-5-7-15(11-26)19(27)22-10-14-6-3-4-8-16(14)21/h3-4,6,8,15H,5,7,9-11H2,1-2H3,(H,22,27)/t15-/m1/s1. The van der Waals surface area contributed by atoms with E-state index < -0.39 is 0 Å². The van der Waals surface area contributed by atoms with Gasteiger partial charge in [0, 0.05) is 24.7 Å². The third-order valence-electron chi connectivity index (χ3n) is 5.10. The fraction of sp³-hybridized carbons (Fsp3) is 0.400. The lowest BCUT2D eigenvalue weighted by atomic mass is 9.96.